The van der Waals surface area contributed by atoms with E-state index >= 15 is 0 Å². The Morgan fingerprint density at radius 1 is 1.29 bits per heavy atom. The number of benzene rings is 1. The first-order chi connectivity index (χ1) is 11.4. The van der Waals surface area contributed by atoms with Crippen LogP contribution < -0.4 is 14.8 Å². The van der Waals surface area contributed by atoms with Gasteiger partial charge in [-0.3, -0.25) is 9.59 Å². The molecule has 1 N–H and O–H groups in total. The summed E-state index contributed by atoms with van der Waals surface area (Å²) in [5.74, 6) is 1.12. The minimum Gasteiger partial charge on any atom is -0.493 e. The zero-order chi connectivity index (χ0) is 17.7. The summed E-state index contributed by atoms with van der Waals surface area (Å²) in [7, 11) is 3.20. The number of carbonyl (C=O) groups excluding carboxylic acids is 2. The molecule has 2 rings (SSSR count). The van der Waals surface area contributed by atoms with Gasteiger partial charge in [0.15, 0.2) is 11.5 Å². The predicted octanol–water partition coefficient (Wildman–Crippen LogP) is 1.62. The van der Waals surface area contributed by atoms with E-state index in [0.717, 1.165) is 5.56 Å². The SMILES string of the molecule is COc1ccc(CCN2C[C@@H](C(=O)NC(C)C)CC2=O)cc1OC. The molecule has 0 aromatic heterocycles. The molecule has 6 nitrogen and oxygen atoms in total. The number of carbonyl (C=O) groups is 2. The Kier molecular flexibility index (Phi) is 6.06. The lowest BCUT2D eigenvalue weighted by molar-refractivity contribution is -0.129. The third kappa shape index (κ3) is 4.40. The first-order valence-electron chi connectivity index (χ1n) is 8.23. The van der Waals surface area contributed by atoms with Crippen LogP contribution in [0.25, 0.3) is 0 Å². The van der Waals surface area contributed by atoms with Crippen LogP contribution in [0.2, 0.25) is 0 Å². The number of hydrogen-bond donors (Lipinski definition) is 1. The molecule has 0 unspecified atom stereocenters. The number of hydrogen-bond acceptors (Lipinski definition) is 4. The highest BCUT2D eigenvalue weighted by molar-refractivity contribution is 5.89. The summed E-state index contributed by atoms with van der Waals surface area (Å²) >= 11 is 0. The number of rotatable bonds is 7. The first kappa shape index (κ1) is 18.1. The van der Waals surface area contributed by atoms with Crippen molar-refractivity contribution in [3.8, 4) is 11.5 Å². The van der Waals surface area contributed by atoms with Crippen LogP contribution in [0, 0.1) is 5.92 Å². The topological polar surface area (TPSA) is 67.9 Å². The molecule has 1 atom stereocenters. The lowest BCUT2D eigenvalue weighted by Gasteiger charge is -2.17. The quantitative estimate of drug-likeness (QED) is 0.823. The lowest BCUT2D eigenvalue weighted by Crippen LogP contribution is -2.37. The lowest BCUT2D eigenvalue weighted by atomic mass is 10.1. The summed E-state index contributed by atoms with van der Waals surface area (Å²) < 4.78 is 10.5. The van der Waals surface area contributed by atoms with Crippen LogP contribution in [0.3, 0.4) is 0 Å². The average Bonchev–Trinajstić information content (AvgIpc) is 2.93. The van der Waals surface area contributed by atoms with E-state index in [4.69, 9.17) is 9.47 Å². The Morgan fingerprint density at radius 2 is 2.00 bits per heavy atom. The molecule has 24 heavy (non-hydrogen) atoms. The second-order valence-electron chi connectivity index (χ2n) is 6.34. The van der Waals surface area contributed by atoms with Crippen molar-refractivity contribution in [2.75, 3.05) is 27.3 Å². The van der Waals surface area contributed by atoms with Crippen LogP contribution in [0.5, 0.6) is 11.5 Å². The number of nitrogens with one attached hydrogen (secondary N) is 1. The van der Waals surface area contributed by atoms with E-state index in [1.807, 2.05) is 32.0 Å². The molecule has 6 heteroatoms. The van der Waals surface area contributed by atoms with Crippen molar-refractivity contribution < 1.29 is 19.1 Å². The molecule has 1 aromatic carbocycles. The summed E-state index contributed by atoms with van der Waals surface area (Å²) in [6, 6.07) is 5.83. The van der Waals surface area contributed by atoms with Crippen LogP contribution in [-0.4, -0.2) is 50.1 Å². The first-order valence-corrected chi connectivity index (χ1v) is 8.23. The highest BCUT2D eigenvalue weighted by Gasteiger charge is 2.34. The van der Waals surface area contributed by atoms with Gasteiger partial charge in [0.05, 0.1) is 20.1 Å². The van der Waals surface area contributed by atoms with Crippen LogP contribution in [0.15, 0.2) is 18.2 Å². The smallest absolute Gasteiger partial charge is 0.225 e. The highest BCUT2D eigenvalue weighted by Crippen LogP contribution is 2.28. The molecule has 1 saturated heterocycles. The Balaban J connectivity index is 1.92. The van der Waals surface area contributed by atoms with Gasteiger partial charge in [-0.1, -0.05) is 6.07 Å². The molecule has 0 radical (unpaired) electrons. The van der Waals surface area contributed by atoms with Gasteiger partial charge < -0.3 is 19.7 Å². The maximum Gasteiger partial charge on any atom is 0.225 e. The fraction of sp³-hybridized carbons (Fsp3) is 0.556. The number of ether oxygens (including phenoxy) is 2. The van der Waals surface area contributed by atoms with Crippen molar-refractivity contribution in [3.05, 3.63) is 23.8 Å². The molecule has 1 aliphatic rings. The molecule has 0 saturated carbocycles. The number of methoxy groups -OCH3 is 2. The van der Waals surface area contributed by atoms with Gasteiger partial charge in [-0.25, -0.2) is 0 Å². The summed E-state index contributed by atoms with van der Waals surface area (Å²) in [4.78, 5) is 25.9. The molecule has 1 fully saturated rings. The van der Waals surface area contributed by atoms with Gasteiger partial charge in [0.1, 0.15) is 0 Å². The fourth-order valence-corrected chi connectivity index (χ4v) is 2.87. The Labute approximate surface area is 143 Å². The van der Waals surface area contributed by atoms with Crippen molar-refractivity contribution in [2.24, 2.45) is 5.92 Å². The van der Waals surface area contributed by atoms with E-state index in [0.29, 0.717) is 37.4 Å². The molecule has 1 aromatic rings. The molecule has 132 valence electrons. The van der Waals surface area contributed by atoms with Crippen LogP contribution in [0.1, 0.15) is 25.8 Å². The van der Waals surface area contributed by atoms with Gasteiger partial charge >= 0.3 is 0 Å². The molecule has 1 aliphatic heterocycles. The van der Waals surface area contributed by atoms with Crippen molar-refractivity contribution >= 4 is 11.8 Å². The summed E-state index contributed by atoms with van der Waals surface area (Å²) in [6.45, 7) is 4.93. The Bertz CT molecular complexity index is 601. The summed E-state index contributed by atoms with van der Waals surface area (Å²) in [5.41, 5.74) is 1.07. The molecule has 0 spiro atoms. The fourth-order valence-electron chi connectivity index (χ4n) is 2.87. The predicted molar refractivity (Wildman–Crippen MR) is 91.2 cm³/mol. The summed E-state index contributed by atoms with van der Waals surface area (Å²) in [6.07, 6.45) is 1.01. The van der Waals surface area contributed by atoms with Gasteiger partial charge in [0, 0.05) is 25.6 Å². The molecule has 0 bridgehead atoms. The number of likely N-dealkylation sites (tertiary alicyclic amines) is 1. The monoisotopic (exact) mass is 334 g/mol. The largest absolute Gasteiger partial charge is 0.493 e. The van der Waals surface area contributed by atoms with E-state index in [-0.39, 0.29) is 23.8 Å². The minimum absolute atomic E-state index is 0.0352. The van der Waals surface area contributed by atoms with Crippen molar-refractivity contribution in [2.45, 2.75) is 32.7 Å². The van der Waals surface area contributed by atoms with Gasteiger partial charge in [0.2, 0.25) is 11.8 Å². The van der Waals surface area contributed by atoms with E-state index in [1.165, 1.54) is 0 Å². The van der Waals surface area contributed by atoms with Gasteiger partial charge in [-0.2, -0.15) is 0 Å². The summed E-state index contributed by atoms with van der Waals surface area (Å²) in [5, 5.41) is 2.88. The van der Waals surface area contributed by atoms with Crippen LogP contribution >= 0.6 is 0 Å². The second kappa shape index (κ2) is 8.04. The minimum atomic E-state index is -0.245. The van der Waals surface area contributed by atoms with Crippen molar-refractivity contribution in [3.63, 3.8) is 0 Å². The van der Waals surface area contributed by atoms with E-state index in [1.54, 1.807) is 19.1 Å². The normalized spacial score (nSPS) is 17.3. The van der Waals surface area contributed by atoms with E-state index < -0.39 is 0 Å². The molecular formula is C18H26N2O4. The maximum atomic E-state index is 12.1. The van der Waals surface area contributed by atoms with Gasteiger partial charge in [-0.05, 0) is 38.0 Å². The highest BCUT2D eigenvalue weighted by atomic mass is 16.5. The third-order valence-electron chi connectivity index (χ3n) is 4.13. The van der Waals surface area contributed by atoms with Crippen molar-refractivity contribution in [1.82, 2.24) is 10.2 Å². The zero-order valence-electron chi connectivity index (χ0n) is 14.8. The van der Waals surface area contributed by atoms with Crippen LogP contribution in [0.4, 0.5) is 0 Å². The van der Waals surface area contributed by atoms with Gasteiger partial charge in [-0.15, -0.1) is 0 Å². The Hall–Kier alpha value is -2.24. The van der Waals surface area contributed by atoms with Crippen molar-refractivity contribution in [1.29, 1.82) is 0 Å². The van der Waals surface area contributed by atoms with Gasteiger partial charge in [0.25, 0.3) is 0 Å². The van der Waals surface area contributed by atoms with E-state index in [2.05, 4.69) is 5.32 Å². The molecular weight excluding hydrogens is 308 g/mol. The number of amides is 2. The Morgan fingerprint density at radius 3 is 2.62 bits per heavy atom. The standard InChI is InChI=1S/C18H26N2O4/c1-12(2)19-18(22)14-10-17(21)20(11-14)8-7-13-5-6-15(23-3)16(9-13)24-4/h5-6,9,12,14H,7-8,10-11H2,1-4H3,(H,19,22)/t14-/m0/s1. The zero-order valence-corrected chi connectivity index (χ0v) is 14.8. The molecule has 0 aliphatic carbocycles. The molecule has 1 heterocycles. The molecule has 2 amide bonds. The maximum absolute atomic E-state index is 12.1. The van der Waals surface area contributed by atoms with E-state index in [9.17, 15) is 9.59 Å². The van der Waals surface area contributed by atoms with Crippen LogP contribution in [-0.2, 0) is 16.0 Å². The average molecular weight is 334 g/mol. The third-order valence-corrected chi connectivity index (χ3v) is 4.13. The number of nitrogens with zero attached hydrogens (tertiary/aromatic N) is 1. The second-order valence-corrected chi connectivity index (χ2v) is 6.34.